The Labute approximate surface area is 124 Å². The third-order valence-electron chi connectivity index (χ3n) is 2.92. The summed E-state index contributed by atoms with van der Waals surface area (Å²) in [4.78, 5) is 14.8. The van der Waals surface area contributed by atoms with Crippen LogP contribution in [0.5, 0.6) is 0 Å². The largest absolute Gasteiger partial charge is 0.466 e. The number of aromatic nitrogens is 1. The molecule has 1 aromatic carbocycles. The lowest BCUT2D eigenvalue weighted by molar-refractivity contribution is -0.129. The van der Waals surface area contributed by atoms with Gasteiger partial charge in [-0.05, 0) is 37.2 Å². The second-order valence-electron chi connectivity index (χ2n) is 4.33. The molecule has 21 heavy (non-hydrogen) atoms. The fourth-order valence-corrected chi connectivity index (χ4v) is 1.82. The molecular formula is C17H16N2O2. The van der Waals surface area contributed by atoms with Gasteiger partial charge in [0.15, 0.2) is 0 Å². The van der Waals surface area contributed by atoms with E-state index in [0.717, 1.165) is 11.3 Å². The Hall–Kier alpha value is -2.64. The molecule has 0 aliphatic heterocycles. The van der Waals surface area contributed by atoms with Gasteiger partial charge in [0.05, 0.1) is 11.7 Å². The van der Waals surface area contributed by atoms with Crippen LogP contribution in [-0.4, -0.2) is 25.1 Å². The monoisotopic (exact) mass is 280 g/mol. The molecule has 0 radical (unpaired) electrons. The van der Waals surface area contributed by atoms with E-state index in [-0.39, 0.29) is 12.6 Å². The number of pyridine rings is 1. The molecule has 1 N–H and O–H groups in total. The first kappa shape index (κ1) is 14.8. The van der Waals surface area contributed by atoms with Crippen molar-refractivity contribution in [3.8, 4) is 11.8 Å². The van der Waals surface area contributed by atoms with Crippen molar-refractivity contribution in [2.45, 2.75) is 6.04 Å². The maximum Gasteiger partial charge on any atom is 0.293 e. The van der Waals surface area contributed by atoms with Crippen LogP contribution in [0.2, 0.25) is 0 Å². The number of nitrogens with one attached hydrogen (secondary N) is 1. The molecule has 1 heterocycles. The predicted molar refractivity (Wildman–Crippen MR) is 80.5 cm³/mol. The number of carbonyl (C=O) groups excluding carboxylic acids is 1. The molecule has 106 valence electrons. The van der Waals surface area contributed by atoms with Crippen LogP contribution < -0.4 is 5.32 Å². The molecule has 0 spiro atoms. The normalized spacial score (nSPS) is 11.1. The maximum absolute atomic E-state index is 10.3. The summed E-state index contributed by atoms with van der Waals surface area (Å²) >= 11 is 0. The lowest BCUT2D eigenvalue weighted by Crippen LogP contribution is -2.22. The molecule has 0 aliphatic rings. The predicted octanol–water partition coefficient (Wildman–Crippen LogP) is 1.91. The number of hydrogen-bond acceptors (Lipinski definition) is 4. The van der Waals surface area contributed by atoms with E-state index in [9.17, 15) is 4.79 Å². The van der Waals surface area contributed by atoms with E-state index in [1.165, 1.54) is 0 Å². The summed E-state index contributed by atoms with van der Waals surface area (Å²) in [7, 11) is 1.79. The van der Waals surface area contributed by atoms with E-state index in [2.05, 4.69) is 22.1 Å². The summed E-state index contributed by atoms with van der Waals surface area (Å²) in [5, 5.41) is 3.06. The number of likely N-dealkylation sites (N-methyl/N-ethyl adjacent to an activating group) is 1. The molecule has 0 unspecified atom stereocenters. The van der Waals surface area contributed by atoms with Gasteiger partial charge in [-0.25, -0.2) is 4.98 Å². The van der Waals surface area contributed by atoms with Gasteiger partial charge in [-0.15, -0.1) is 0 Å². The quantitative estimate of drug-likeness (QED) is 0.671. The number of carbonyl (C=O) groups is 1. The number of hydrogen-bond donors (Lipinski definition) is 1. The van der Waals surface area contributed by atoms with Crippen LogP contribution >= 0.6 is 0 Å². The zero-order valence-electron chi connectivity index (χ0n) is 11.7. The zero-order chi connectivity index (χ0) is 14.9. The first-order valence-electron chi connectivity index (χ1n) is 6.60. The maximum atomic E-state index is 10.3. The highest BCUT2D eigenvalue weighted by Gasteiger charge is 2.11. The SMILES string of the molecule is CN[C@@H](COC=O)c1cccc(C#Cc2ccccc2)n1. The summed E-state index contributed by atoms with van der Waals surface area (Å²) < 4.78 is 4.79. The van der Waals surface area contributed by atoms with Gasteiger partial charge in [0, 0.05) is 5.56 Å². The van der Waals surface area contributed by atoms with Crippen molar-refractivity contribution in [1.82, 2.24) is 10.3 Å². The van der Waals surface area contributed by atoms with Gasteiger partial charge in [0.25, 0.3) is 6.47 Å². The van der Waals surface area contributed by atoms with E-state index >= 15 is 0 Å². The van der Waals surface area contributed by atoms with Gasteiger partial charge in [-0.1, -0.05) is 30.2 Å². The Morgan fingerprint density at radius 3 is 2.71 bits per heavy atom. The zero-order valence-corrected chi connectivity index (χ0v) is 11.7. The Bertz CT molecular complexity index is 645. The van der Waals surface area contributed by atoms with Crippen LogP contribution in [-0.2, 0) is 9.53 Å². The fraction of sp³-hybridized carbons (Fsp3) is 0.176. The summed E-state index contributed by atoms with van der Waals surface area (Å²) in [6, 6.07) is 15.2. The smallest absolute Gasteiger partial charge is 0.293 e. The average molecular weight is 280 g/mol. The molecule has 2 rings (SSSR count). The van der Waals surface area contributed by atoms with Gasteiger partial charge in [0.1, 0.15) is 12.3 Å². The van der Waals surface area contributed by atoms with Crippen molar-refractivity contribution in [2.24, 2.45) is 0 Å². The lowest BCUT2D eigenvalue weighted by atomic mass is 10.2. The fourth-order valence-electron chi connectivity index (χ4n) is 1.82. The van der Waals surface area contributed by atoms with Crippen LogP contribution in [0.4, 0.5) is 0 Å². The minimum atomic E-state index is -0.145. The molecule has 0 fully saturated rings. The van der Waals surface area contributed by atoms with Crippen molar-refractivity contribution in [3.05, 3.63) is 65.5 Å². The van der Waals surface area contributed by atoms with E-state index in [4.69, 9.17) is 4.74 Å². The van der Waals surface area contributed by atoms with E-state index in [1.54, 1.807) is 7.05 Å². The molecule has 0 saturated carbocycles. The van der Waals surface area contributed by atoms with E-state index in [0.29, 0.717) is 12.2 Å². The molecule has 0 aliphatic carbocycles. The van der Waals surface area contributed by atoms with Gasteiger partial charge in [0.2, 0.25) is 0 Å². The standard InChI is InChI=1S/C17H16N2O2/c1-18-17(12-21-13-20)16-9-5-8-15(19-16)11-10-14-6-3-2-4-7-14/h2-9,13,17-18H,12H2,1H3/t17-/m0/s1. The number of ether oxygens (including phenoxy) is 1. The summed E-state index contributed by atoms with van der Waals surface area (Å²) in [5.41, 5.74) is 2.42. The Morgan fingerprint density at radius 2 is 2.00 bits per heavy atom. The number of benzene rings is 1. The van der Waals surface area contributed by atoms with Crippen LogP contribution in [0.15, 0.2) is 48.5 Å². The van der Waals surface area contributed by atoms with Crippen molar-refractivity contribution < 1.29 is 9.53 Å². The minimum Gasteiger partial charge on any atom is -0.466 e. The lowest BCUT2D eigenvalue weighted by Gasteiger charge is -2.14. The van der Waals surface area contributed by atoms with E-state index < -0.39 is 0 Å². The Balaban J connectivity index is 2.17. The Kier molecular flexibility index (Phi) is 5.50. The highest BCUT2D eigenvalue weighted by Crippen LogP contribution is 2.10. The third kappa shape index (κ3) is 4.44. The van der Waals surface area contributed by atoms with Gasteiger partial charge in [-0.3, -0.25) is 4.79 Å². The number of rotatable bonds is 5. The second-order valence-corrected chi connectivity index (χ2v) is 4.33. The molecule has 1 atom stereocenters. The third-order valence-corrected chi connectivity index (χ3v) is 2.92. The molecule has 0 amide bonds. The van der Waals surface area contributed by atoms with Gasteiger partial charge < -0.3 is 10.1 Å². The van der Waals surface area contributed by atoms with Crippen LogP contribution in [0.1, 0.15) is 23.0 Å². The van der Waals surface area contributed by atoms with Gasteiger partial charge >= 0.3 is 0 Å². The van der Waals surface area contributed by atoms with Crippen molar-refractivity contribution >= 4 is 6.47 Å². The minimum absolute atomic E-state index is 0.145. The molecule has 1 aromatic heterocycles. The molecular weight excluding hydrogens is 264 g/mol. The molecule has 0 saturated heterocycles. The van der Waals surface area contributed by atoms with Crippen molar-refractivity contribution in [1.29, 1.82) is 0 Å². The van der Waals surface area contributed by atoms with E-state index in [1.807, 2.05) is 48.5 Å². The molecule has 0 bridgehead atoms. The second kappa shape index (κ2) is 7.83. The van der Waals surface area contributed by atoms with Crippen LogP contribution in [0.25, 0.3) is 0 Å². The highest BCUT2D eigenvalue weighted by molar-refractivity contribution is 5.40. The first-order valence-corrected chi connectivity index (χ1v) is 6.60. The van der Waals surface area contributed by atoms with Crippen LogP contribution in [0.3, 0.4) is 0 Å². The average Bonchev–Trinajstić information content (AvgIpc) is 2.55. The highest BCUT2D eigenvalue weighted by atomic mass is 16.5. The number of nitrogens with zero attached hydrogens (tertiary/aromatic N) is 1. The Morgan fingerprint density at radius 1 is 1.19 bits per heavy atom. The van der Waals surface area contributed by atoms with Crippen molar-refractivity contribution in [2.75, 3.05) is 13.7 Å². The van der Waals surface area contributed by atoms with Crippen LogP contribution in [0, 0.1) is 11.8 Å². The van der Waals surface area contributed by atoms with Gasteiger partial charge in [-0.2, -0.15) is 0 Å². The van der Waals surface area contributed by atoms with Crippen molar-refractivity contribution in [3.63, 3.8) is 0 Å². The summed E-state index contributed by atoms with van der Waals surface area (Å²) in [6.07, 6.45) is 0. The first-order chi connectivity index (χ1) is 10.3. The molecule has 2 aromatic rings. The topological polar surface area (TPSA) is 51.2 Å². The summed E-state index contributed by atoms with van der Waals surface area (Å²) in [5.74, 6) is 6.11. The molecule has 4 heteroatoms. The molecule has 4 nitrogen and oxygen atoms in total. The summed E-state index contributed by atoms with van der Waals surface area (Å²) in [6.45, 7) is 0.673.